The normalized spacial score (nSPS) is 10.7. The van der Waals surface area contributed by atoms with E-state index in [0.717, 1.165) is 11.4 Å². The summed E-state index contributed by atoms with van der Waals surface area (Å²) in [6, 6.07) is 7.50. The molecule has 0 aliphatic heterocycles. The molecule has 2 amide bonds. The maximum Gasteiger partial charge on any atom is 0.273 e. The number of rotatable bonds is 11. The predicted molar refractivity (Wildman–Crippen MR) is 114 cm³/mol. The summed E-state index contributed by atoms with van der Waals surface area (Å²) in [4.78, 5) is 30.8. The highest BCUT2D eigenvalue weighted by Gasteiger charge is 2.20. The van der Waals surface area contributed by atoms with E-state index >= 15 is 0 Å². The minimum atomic E-state index is -0.224. The molecule has 0 spiro atoms. The second kappa shape index (κ2) is 11.4. The van der Waals surface area contributed by atoms with Gasteiger partial charge in [0.15, 0.2) is 5.13 Å². The number of anilines is 2. The molecule has 0 aliphatic carbocycles. The molecular formula is C20H28N4O4S. The summed E-state index contributed by atoms with van der Waals surface area (Å²) in [6.45, 7) is 4.89. The molecule has 8 nitrogen and oxygen atoms in total. The second-order valence-electron chi connectivity index (χ2n) is 6.65. The lowest BCUT2D eigenvalue weighted by molar-refractivity contribution is -0.121. The van der Waals surface area contributed by atoms with Crippen molar-refractivity contribution in [1.82, 2.24) is 15.2 Å². The van der Waals surface area contributed by atoms with Crippen LogP contribution in [0.1, 0.15) is 30.8 Å². The molecule has 9 heteroatoms. The predicted octanol–water partition coefficient (Wildman–Crippen LogP) is 2.90. The van der Waals surface area contributed by atoms with Gasteiger partial charge >= 0.3 is 0 Å². The highest BCUT2D eigenvalue weighted by atomic mass is 32.1. The molecule has 0 saturated carbocycles. The standard InChI is InChI=1S/C20H28N4O4S/c1-14(2)21-18(25)9-10-24(11-12-27-3)19(26)17-13-29-20(23-17)22-15-5-7-16(28-4)8-6-15/h5-8,13-14H,9-12H2,1-4H3,(H,21,25)(H,22,23). The van der Waals surface area contributed by atoms with Gasteiger partial charge in [-0.15, -0.1) is 11.3 Å². The van der Waals surface area contributed by atoms with Crippen LogP contribution in [-0.2, 0) is 9.53 Å². The molecule has 158 valence electrons. The van der Waals surface area contributed by atoms with Crippen molar-refractivity contribution in [3.8, 4) is 5.75 Å². The Bertz CT molecular complexity index is 792. The van der Waals surface area contributed by atoms with Crippen LogP contribution in [0.15, 0.2) is 29.6 Å². The van der Waals surface area contributed by atoms with E-state index in [2.05, 4.69) is 15.6 Å². The number of carbonyl (C=O) groups is 2. The maximum absolute atomic E-state index is 12.9. The Morgan fingerprint density at radius 3 is 2.52 bits per heavy atom. The number of benzene rings is 1. The molecule has 1 aromatic carbocycles. The van der Waals surface area contributed by atoms with Gasteiger partial charge in [0, 0.05) is 43.7 Å². The van der Waals surface area contributed by atoms with Crippen LogP contribution < -0.4 is 15.4 Å². The first-order valence-electron chi connectivity index (χ1n) is 9.37. The quantitative estimate of drug-likeness (QED) is 0.581. The van der Waals surface area contributed by atoms with Gasteiger partial charge in [-0.2, -0.15) is 0 Å². The lowest BCUT2D eigenvalue weighted by Gasteiger charge is -2.21. The fraction of sp³-hybridized carbons (Fsp3) is 0.450. The van der Waals surface area contributed by atoms with Gasteiger partial charge in [-0.3, -0.25) is 9.59 Å². The molecule has 0 bridgehead atoms. The van der Waals surface area contributed by atoms with Gasteiger partial charge in [0.1, 0.15) is 11.4 Å². The summed E-state index contributed by atoms with van der Waals surface area (Å²) in [5.74, 6) is 0.453. The summed E-state index contributed by atoms with van der Waals surface area (Å²) < 4.78 is 10.2. The average Bonchev–Trinajstić information content (AvgIpc) is 3.16. The molecule has 1 aromatic heterocycles. The summed E-state index contributed by atoms with van der Waals surface area (Å²) >= 11 is 1.35. The highest BCUT2D eigenvalue weighted by Crippen LogP contribution is 2.23. The van der Waals surface area contributed by atoms with Crippen molar-refractivity contribution in [2.24, 2.45) is 0 Å². The van der Waals surface area contributed by atoms with Crippen LogP contribution in [0.4, 0.5) is 10.8 Å². The Morgan fingerprint density at radius 2 is 1.90 bits per heavy atom. The Labute approximate surface area is 175 Å². The second-order valence-corrected chi connectivity index (χ2v) is 7.51. The van der Waals surface area contributed by atoms with Gasteiger partial charge < -0.3 is 25.0 Å². The first kappa shape index (κ1) is 22.6. The van der Waals surface area contributed by atoms with Crippen molar-refractivity contribution < 1.29 is 19.1 Å². The summed E-state index contributed by atoms with van der Waals surface area (Å²) in [5, 5.41) is 8.33. The molecule has 2 rings (SSSR count). The molecule has 1 heterocycles. The van der Waals surface area contributed by atoms with Crippen LogP contribution in [0.25, 0.3) is 0 Å². The zero-order valence-corrected chi connectivity index (χ0v) is 18.0. The lowest BCUT2D eigenvalue weighted by atomic mass is 10.3. The van der Waals surface area contributed by atoms with E-state index in [4.69, 9.17) is 9.47 Å². The van der Waals surface area contributed by atoms with Crippen LogP contribution in [0.2, 0.25) is 0 Å². The first-order chi connectivity index (χ1) is 13.9. The van der Waals surface area contributed by atoms with E-state index in [-0.39, 0.29) is 24.3 Å². The minimum absolute atomic E-state index is 0.0655. The van der Waals surface area contributed by atoms with Crippen LogP contribution >= 0.6 is 11.3 Å². The number of aromatic nitrogens is 1. The van der Waals surface area contributed by atoms with Gasteiger partial charge in [0.05, 0.1) is 13.7 Å². The molecule has 0 radical (unpaired) electrons. The van der Waals surface area contributed by atoms with Gasteiger partial charge in [-0.1, -0.05) is 0 Å². The average molecular weight is 421 g/mol. The van der Waals surface area contributed by atoms with Crippen LogP contribution in [0.5, 0.6) is 5.75 Å². The van der Waals surface area contributed by atoms with Crippen molar-refractivity contribution in [2.45, 2.75) is 26.3 Å². The molecule has 0 atom stereocenters. The number of hydrogen-bond acceptors (Lipinski definition) is 7. The molecular weight excluding hydrogens is 392 g/mol. The lowest BCUT2D eigenvalue weighted by Crippen LogP contribution is -2.38. The van der Waals surface area contributed by atoms with E-state index in [1.807, 2.05) is 38.1 Å². The van der Waals surface area contributed by atoms with Crippen molar-refractivity contribution in [2.75, 3.05) is 39.2 Å². The van der Waals surface area contributed by atoms with E-state index < -0.39 is 0 Å². The number of nitrogens with one attached hydrogen (secondary N) is 2. The fourth-order valence-electron chi connectivity index (χ4n) is 2.54. The Balaban J connectivity index is 2.01. The maximum atomic E-state index is 12.9. The molecule has 0 fully saturated rings. The molecule has 0 aliphatic rings. The van der Waals surface area contributed by atoms with Crippen molar-refractivity contribution in [3.63, 3.8) is 0 Å². The minimum Gasteiger partial charge on any atom is -0.497 e. The van der Waals surface area contributed by atoms with Crippen LogP contribution in [0, 0.1) is 0 Å². The van der Waals surface area contributed by atoms with Crippen LogP contribution in [-0.4, -0.2) is 61.7 Å². The monoisotopic (exact) mass is 420 g/mol. The molecule has 0 unspecified atom stereocenters. The number of carbonyl (C=O) groups excluding carboxylic acids is 2. The van der Waals surface area contributed by atoms with Gasteiger partial charge in [0.2, 0.25) is 5.91 Å². The van der Waals surface area contributed by atoms with Crippen molar-refractivity contribution in [1.29, 1.82) is 0 Å². The molecule has 2 aromatic rings. The third-order valence-electron chi connectivity index (χ3n) is 3.98. The van der Waals surface area contributed by atoms with E-state index in [1.54, 1.807) is 24.5 Å². The Hall–Kier alpha value is -2.65. The van der Waals surface area contributed by atoms with Crippen LogP contribution in [0.3, 0.4) is 0 Å². The van der Waals surface area contributed by atoms with E-state index in [1.165, 1.54) is 11.3 Å². The van der Waals surface area contributed by atoms with Crippen molar-refractivity contribution in [3.05, 3.63) is 35.3 Å². The SMILES string of the molecule is COCCN(CCC(=O)NC(C)C)C(=O)c1csc(Nc2ccc(OC)cc2)n1. The number of thiazole rings is 1. The zero-order chi connectivity index (χ0) is 21.2. The Kier molecular flexibility index (Phi) is 8.88. The number of ether oxygens (including phenoxy) is 2. The highest BCUT2D eigenvalue weighted by molar-refractivity contribution is 7.14. The number of methoxy groups -OCH3 is 2. The van der Waals surface area contributed by atoms with Gasteiger partial charge in [0.25, 0.3) is 5.91 Å². The smallest absolute Gasteiger partial charge is 0.273 e. The van der Waals surface area contributed by atoms with Gasteiger partial charge in [-0.05, 0) is 38.1 Å². The summed E-state index contributed by atoms with van der Waals surface area (Å²) in [6.07, 6.45) is 0.231. The van der Waals surface area contributed by atoms with E-state index in [9.17, 15) is 9.59 Å². The van der Waals surface area contributed by atoms with Gasteiger partial charge in [-0.25, -0.2) is 4.98 Å². The largest absolute Gasteiger partial charge is 0.497 e. The number of nitrogens with zero attached hydrogens (tertiary/aromatic N) is 2. The molecule has 29 heavy (non-hydrogen) atoms. The third-order valence-corrected chi connectivity index (χ3v) is 4.73. The molecule has 0 saturated heterocycles. The fourth-order valence-corrected chi connectivity index (χ4v) is 3.24. The topological polar surface area (TPSA) is 92.8 Å². The van der Waals surface area contributed by atoms with E-state index in [0.29, 0.717) is 30.5 Å². The first-order valence-corrected chi connectivity index (χ1v) is 10.2. The molecule has 2 N–H and O–H groups in total. The third kappa shape index (κ3) is 7.35. The Morgan fingerprint density at radius 1 is 1.17 bits per heavy atom. The van der Waals surface area contributed by atoms with Crippen molar-refractivity contribution >= 4 is 34.0 Å². The summed E-state index contributed by atoms with van der Waals surface area (Å²) in [7, 11) is 3.19. The zero-order valence-electron chi connectivity index (χ0n) is 17.2. The number of hydrogen-bond donors (Lipinski definition) is 2. The number of amides is 2. The summed E-state index contributed by atoms with van der Waals surface area (Å²) in [5.41, 5.74) is 1.19.